The van der Waals surface area contributed by atoms with E-state index in [1.165, 1.54) is 0 Å². The Morgan fingerprint density at radius 3 is 3.00 bits per heavy atom. The van der Waals surface area contributed by atoms with Crippen LogP contribution in [0, 0.1) is 6.92 Å². The third-order valence-corrected chi connectivity index (χ3v) is 5.14. The molecule has 6 heteroatoms. The van der Waals surface area contributed by atoms with Crippen LogP contribution in [0.1, 0.15) is 31.3 Å². The number of urea groups is 1. The normalized spacial score (nSPS) is 26.0. The third-order valence-electron chi connectivity index (χ3n) is 5.14. The first kappa shape index (κ1) is 17.3. The van der Waals surface area contributed by atoms with E-state index in [0.29, 0.717) is 6.04 Å². The van der Waals surface area contributed by atoms with Crippen molar-refractivity contribution in [1.29, 1.82) is 0 Å². The van der Waals surface area contributed by atoms with Crippen molar-refractivity contribution in [1.82, 2.24) is 15.1 Å². The fourth-order valence-corrected chi connectivity index (χ4v) is 3.58. The summed E-state index contributed by atoms with van der Waals surface area (Å²) < 4.78 is 11.4. The number of rotatable bonds is 4. The Bertz CT molecular complexity index is 559. The molecule has 2 amide bonds. The second-order valence-electron chi connectivity index (χ2n) is 7.09. The number of likely N-dealkylation sites (N-methyl/N-ethyl adjacent to an activating group) is 1. The molecule has 3 heterocycles. The van der Waals surface area contributed by atoms with Gasteiger partial charge in [-0.25, -0.2) is 4.79 Å². The first-order valence-electron chi connectivity index (χ1n) is 8.95. The molecule has 24 heavy (non-hydrogen) atoms. The summed E-state index contributed by atoms with van der Waals surface area (Å²) in [5.74, 6) is 1.92. The number of furan rings is 1. The van der Waals surface area contributed by atoms with Crippen LogP contribution in [0.2, 0.25) is 0 Å². The fourth-order valence-electron chi connectivity index (χ4n) is 3.58. The molecular formula is C18H29N3O3. The van der Waals surface area contributed by atoms with Gasteiger partial charge in [0, 0.05) is 32.1 Å². The number of piperidine rings is 1. The first-order chi connectivity index (χ1) is 11.5. The zero-order chi connectivity index (χ0) is 17.1. The molecule has 134 valence electrons. The summed E-state index contributed by atoms with van der Waals surface area (Å²) in [6.45, 7) is 7.26. The van der Waals surface area contributed by atoms with Crippen molar-refractivity contribution in [2.45, 2.75) is 51.3 Å². The number of carbonyl (C=O) groups is 1. The molecule has 1 aromatic rings. The molecular weight excluding hydrogens is 306 g/mol. The number of likely N-dealkylation sites (tertiary alicyclic amines) is 1. The van der Waals surface area contributed by atoms with Crippen LogP contribution in [0.3, 0.4) is 0 Å². The monoisotopic (exact) mass is 335 g/mol. The molecule has 2 fully saturated rings. The van der Waals surface area contributed by atoms with Gasteiger partial charge in [-0.3, -0.25) is 4.90 Å². The maximum Gasteiger partial charge on any atom is 0.317 e. The third kappa shape index (κ3) is 4.11. The van der Waals surface area contributed by atoms with Gasteiger partial charge >= 0.3 is 6.03 Å². The van der Waals surface area contributed by atoms with Crippen LogP contribution in [0.25, 0.3) is 0 Å². The van der Waals surface area contributed by atoms with Gasteiger partial charge in [0.2, 0.25) is 0 Å². The van der Waals surface area contributed by atoms with Crippen molar-refractivity contribution in [2.75, 3.05) is 33.3 Å². The van der Waals surface area contributed by atoms with Gasteiger partial charge < -0.3 is 19.4 Å². The van der Waals surface area contributed by atoms with E-state index in [4.69, 9.17) is 9.15 Å². The number of amides is 2. The summed E-state index contributed by atoms with van der Waals surface area (Å²) in [6, 6.07) is 4.47. The molecule has 0 unspecified atom stereocenters. The summed E-state index contributed by atoms with van der Waals surface area (Å²) in [5, 5.41) is 3.12. The molecule has 2 aliphatic rings. The SMILES string of the molecule is Cc1ccc(CC[C@H](C)NC(=O)N2CC[C@@H]3OCCN(C)[C@@H]3C2)o1. The van der Waals surface area contributed by atoms with Gasteiger partial charge in [-0.15, -0.1) is 0 Å². The average Bonchev–Trinajstić information content (AvgIpc) is 2.98. The van der Waals surface area contributed by atoms with Gasteiger partial charge in [0.1, 0.15) is 11.5 Å². The highest BCUT2D eigenvalue weighted by molar-refractivity contribution is 5.74. The fraction of sp³-hybridized carbons (Fsp3) is 0.722. The quantitative estimate of drug-likeness (QED) is 0.915. The lowest BCUT2D eigenvalue weighted by Gasteiger charge is -2.45. The number of hydrogen-bond donors (Lipinski definition) is 1. The molecule has 3 rings (SSSR count). The maximum atomic E-state index is 12.5. The van der Waals surface area contributed by atoms with Crippen molar-refractivity contribution < 1.29 is 13.9 Å². The largest absolute Gasteiger partial charge is 0.466 e. The molecule has 1 N–H and O–H groups in total. The number of nitrogens with zero attached hydrogens (tertiary/aromatic N) is 2. The molecule has 1 aromatic heterocycles. The Kier molecular flexibility index (Phi) is 5.46. The minimum Gasteiger partial charge on any atom is -0.466 e. The van der Waals surface area contributed by atoms with E-state index in [0.717, 1.165) is 57.0 Å². The number of carbonyl (C=O) groups excluding carboxylic acids is 1. The lowest BCUT2D eigenvalue weighted by atomic mass is 9.99. The van der Waals surface area contributed by atoms with E-state index in [2.05, 4.69) is 24.2 Å². The predicted molar refractivity (Wildman–Crippen MR) is 92.1 cm³/mol. The van der Waals surface area contributed by atoms with Crippen molar-refractivity contribution in [2.24, 2.45) is 0 Å². The summed E-state index contributed by atoms with van der Waals surface area (Å²) in [5.41, 5.74) is 0. The Morgan fingerprint density at radius 2 is 2.25 bits per heavy atom. The Balaban J connectivity index is 1.45. The van der Waals surface area contributed by atoms with Crippen LogP contribution in [-0.2, 0) is 11.2 Å². The lowest BCUT2D eigenvalue weighted by Crippen LogP contribution is -2.61. The minimum absolute atomic E-state index is 0.0375. The van der Waals surface area contributed by atoms with E-state index < -0.39 is 0 Å². The molecule has 0 aromatic carbocycles. The Hall–Kier alpha value is -1.53. The highest BCUT2D eigenvalue weighted by Gasteiger charge is 2.36. The summed E-state index contributed by atoms with van der Waals surface area (Å²) in [4.78, 5) is 16.8. The van der Waals surface area contributed by atoms with Gasteiger partial charge in [0.25, 0.3) is 0 Å². The minimum atomic E-state index is 0.0375. The van der Waals surface area contributed by atoms with Crippen LogP contribution in [0.4, 0.5) is 4.79 Å². The van der Waals surface area contributed by atoms with Gasteiger partial charge in [-0.2, -0.15) is 0 Å². The van der Waals surface area contributed by atoms with Gasteiger partial charge in [0.05, 0.1) is 18.8 Å². The van der Waals surface area contributed by atoms with Gasteiger partial charge in [0.15, 0.2) is 0 Å². The zero-order valence-corrected chi connectivity index (χ0v) is 15.0. The zero-order valence-electron chi connectivity index (χ0n) is 15.0. The molecule has 2 saturated heterocycles. The molecule has 0 spiro atoms. The van der Waals surface area contributed by atoms with Crippen molar-refractivity contribution >= 4 is 6.03 Å². The number of nitrogens with one attached hydrogen (secondary N) is 1. The van der Waals surface area contributed by atoms with E-state index in [9.17, 15) is 4.79 Å². The van der Waals surface area contributed by atoms with Crippen molar-refractivity contribution in [3.05, 3.63) is 23.7 Å². The summed E-state index contributed by atoms with van der Waals surface area (Å²) >= 11 is 0. The summed E-state index contributed by atoms with van der Waals surface area (Å²) in [6.07, 6.45) is 2.91. The topological polar surface area (TPSA) is 58.0 Å². The first-order valence-corrected chi connectivity index (χ1v) is 8.95. The number of fused-ring (bicyclic) bond motifs is 1. The Labute approximate surface area is 144 Å². The maximum absolute atomic E-state index is 12.5. The van der Waals surface area contributed by atoms with Crippen LogP contribution in [0.5, 0.6) is 0 Å². The molecule has 6 nitrogen and oxygen atoms in total. The van der Waals surface area contributed by atoms with Crippen LogP contribution >= 0.6 is 0 Å². The van der Waals surface area contributed by atoms with Crippen molar-refractivity contribution in [3.63, 3.8) is 0 Å². The molecule has 3 atom stereocenters. The predicted octanol–water partition coefficient (Wildman–Crippen LogP) is 2.02. The van der Waals surface area contributed by atoms with Gasteiger partial charge in [-0.1, -0.05) is 0 Å². The van der Waals surface area contributed by atoms with Crippen LogP contribution in [-0.4, -0.2) is 67.3 Å². The van der Waals surface area contributed by atoms with Crippen molar-refractivity contribution in [3.8, 4) is 0 Å². The smallest absolute Gasteiger partial charge is 0.317 e. The molecule has 0 saturated carbocycles. The molecule has 2 aliphatic heterocycles. The van der Waals surface area contributed by atoms with E-state index in [-0.39, 0.29) is 18.2 Å². The summed E-state index contributed by atoms with van der Waals surface area (Å²) in [7, 11) is 2.12. The van der Waals surface area contributed by atoms with Crippen LogP contribution in [0.15, 0.2) is 16.5 Å². The van der Waals surface area contributed by atoms with Gasteiger partial charge in [-0.05, 0) is 45.9 Å². The van der Waals surface area contributed by atoms with E-state index >= 15 is 0 Å². The molecule has 0 aliphatic carbocycles. The van der Waals surface area contributed by atoms with E-state index in [1.54, 1.807) is 0 Å². The molecule has 0 radical (unpaired) electrons. The van der Waals surface area contributed by atoms with Crippen LogP contribution < -0.4 is 5.32 Å². The number of morpholine rings is 1. The van der Waals surface area contributed by atoms with E-state index in [1.807, 2.05) is 24.0 Å². The second kappa shape index (κ2) is 7.57. The highest BCUT2D eigenvalue weighted by Crippen LogP contribution is 2.22. The Morgan fingerprint density at radius 1 is 1.42 bits per heavy atom. The second-order valence-corrected chi connectivity index (χ2v) is 7.09. The lowest BCUT2D eigenvalue weighted by molar-refractivity contribution is -0.0882. The number of hydrogen-bond acceptors (Lipinski definition) is 4. The standard InChI is InChI=1S/C18H29N3O3/c1-13(4-6-15-7-5-14(2)24-15)19-18(22)21-9-8-17-16(12-21)20(3)10-11-23-17/h5,7,13,16-17H,4,6,8-12H2,1-3H3,(H,19,22)/t13-,16+,17-/m0/s1. The number of ether oxygens (including phenoxy) is 1. The number of aryl methyl sites for hydroxylation is 2. The molecule has 0 bridgehead atoms. The highest BCUT2D eigenvalue weighted by atomic mass is 16.5. The average molecular weight is 335 g/mol.